The molecule has 1 saturated heterocycles. The number of aromatic nitrogens is 1. The Bertz CT molecular complexity index is 1450. The Hall–Kier alpha value is -3.51. The van der Waals surface area contributed by atoms with Crippen LogP contribution in [0.3, 0.4) is 0 Å². The SMILES string of the molecule is CC#CC(CC(=O)OC)c1ccc(OCc2ccc3c(c2)-c2ccc(OCC4CCS(O)(O)CC4)nc2CCC3)cc1. The Morgan fingerprint density at radius 1 is 1.02 bits per heavy atom. The van der Waals surface area contributed by atoms with Crippen LogP contribution < -0.4 is 9.47 Å². The van der Waals surface area contributed by atoms with Gasteiger partial charge in [0.15, 0.2) is 0 Å². The third-order valence-electron chi connectivity index (χ3n) is 8.05. The first-order valence-electron chi connectivity index (χ1n) is 14.5. The van der Waals surface area contributed by atoms with E-state index in [4.69, 9.17) is 19.2 Å². The summed E-state index contributed by atoms with van der Waals surface area (Å²) in [5, 5.41) is 0. The molecule has 0 spiro atoms. The molecule has 8 heteroatoms. The molecule has 222 valence electrons. The fraction of sp³-hybridized carbons (Fsp3) is 0.412. The van der Waals surface area contributed by atoms with E-state index in [1.165, 1.54) is 18.2 Å². The van der Waals surface area contributed by atoms with Crippen molar-refractivity contribution in [1.82, 2.24) is 4.98 Å². The van der Waals surface area contributed by atoms with Gasteiger partial charge < -0.3 is 14.2 Å². The van der Waals surface area contributed by atoms with Gasteiger partial charge in [0.25, 0.3) is 0 Å². The largest absolute Gasteiger partial charge is 0.489 e. The van der Waals surface area contributed by atoms with Crippen LogP contribution in [0.5, 0.6) is 11.6 Å². The van der Waals surface area contributed by atoms with E-state index in [9.17, 15) is 13.9 Å². The van der Waals surface area contributed by atoms with Gasteiger partial charge in [0.05, 0.1) is 31.7 Å². The molecule has 42 heavy (non-hydrogen) atoms. The van der Waals surface area contributed by atoms with E-state index in [-0.39, 0.29) is 18.3 Å². The van der Waals surface area contributed by atoms with Gasteiger partial charge in [0.2, 0.25) is 5.88 Å². The molecule has 1 atom stereocenters. The molecule has 0 saturated carbocycles. The highest BCUT2D eigenvalue weighted by atomic mass is 32.3. The first kappa shape index (κ1) is 30.0. The summed E-state index contributed by atoms with van der Waals surface area (Å²) in [6.07, 6.45) is 4.68. The number of nitrogens with zero attached hydrogens (tertiary/aromatic N) is 1. The second-order valence-electron chi connectivity index (χ2n) is 11.0. The van der Waals surface area contributed by atoms with Gasteiger partial charge in [0.1, 0.15) is 12.4 Å². The Morgan fingerprint density at radius 2 is 1.81 bits per heavy atom. The van der Waals surface area contributed by atoms with E-state index in [1.807, 2.05) is 30.3 Å². The van der Waals surface area contributed by atoms with Crippen molar-refractivity contribution < 1.29 is 28.1 Å². The van der Waals surface area contributed by atoms with Crippen molar-refractivity contribution in [3.8, 4) is 34.6 Å². The van der Waals surface area contributed by atoms with Gasteiger partial charge in [-0.1, -0.05) is 30.2 Å². The zero-order chi connectivity index (χ0) is 29.5. The molecule has 1 unspecified atom stereocenters. The number of methoxy groups -OCH3 is 1. The third-order valence-corrected chi connectivity index (χ3v) is 9.83. The van der Waals surface area contributed by atoms with E-state index in [0.717, 1.165) is 60.2 Å². The van der Waals surface area contributed by atoms with Crippen molar-refractivity contribution in [3.05, 3.63) is 77.0 Å². The summed E-state index contributed by atoms with van der Waals surface area (Å²) < 4.78 is 36.7. The third kappa shape index (κ3) is 7.65. The molecule has 1 fully saturated rings. The minimum Gasteiger partial charge on any atom is -0.489 e. The number of rotatable bonds is 9. The topological polar surface area (TPSA) is 98.1 Å². The quantitative estimate of drug-likeness (QED) is 0.204. The van der Waals surface area contributed by atoms with Gasteiger partial charge in [-0.15, -0.1) is 5.92 Å². The van der Waals surface area contributed by atoms with Gasteiger partial charge in [0, 0.05) is 23.1 Å². The molecule has 1 aromatic heterocycles. The van der Waals surface area contributed by atoms with Crippen LogP contribution >= 0.6 is 10.6 Å². The van der Waals surface area contributed by atoms with Crippen LogP contribution in [-0.2, 0) is 29.0 Å². The van der Waals surface area contributed by atoms with Crippen molar-refractivity contribution in [2.75, 3.05) is 25.2 Å². The minimum atomic E-state index is -2.38. The molecule has 3 aromatic rings. The van der Waals surface area contributed by atoms with Crippen LogP contribution in [-0.4, -0.2) is 45.3 Å². The number of fused-ring (bicyclic) bond motifs is 3. The van der Waals surface area contributed by atoms with E-state index in [2.05, 4.69) is 36.1 Å². The number of pyridine rings is 1. The highest BCUT2D eigenvalue weighted by molar-refractivity contribution is 8.24. The average molecular weight is 590 g/mol. The van der Waals surface area contributed by atoms with Crippen LogP contribution in [0, 0.1) is 17.8 Å². The van der Waals surface area contributed by atoms with Crippen LogP contribution in [0.1, 0.15) is 60.9 Å². The number of benzene rings is 2. The van der Waals surface area contributed by atoms with Gasteiger partial charge in [-0.2, -0.15) is 10.6 Å². The van der Waals surface area contributed by atoms with Crippen LogP contribution in [0.25, 0.3) is 11.1 Å². The molecule has 5 rings (SSSR count). The number of carbonyl (C=O) groups excluding carboxylic acids is 1. The predicted molar refractivity (Wildman–Crippen MR) is 166 cm³/mol. The summed E-state index contributed by atoms with van der Waals surface area (Å²) in [6, 6.07) is 18.3. The van der Waals surface area contributed by atoms with Crippen molar-refractivity contribution in [1.29, 1.82) is 0 Å². The number of esters is 1. The monoisotopic (exact) mass is 589 g/mol. The standard InChI is InChI=1S/C34H39NO6S/c1-3-5-28(21-34(36)39-2)26-10-12-29(13-11-26)40-23-25-8-9-27-6-4-7-32-30(31(27)20-25)14-15-33(35-32)41-22-24-16-18-42(37,38)19-17-24/h8-15,20,24,28,37-38H,4,6-7,16-19,21-23H2,1-2H3. The Morgan fingerprint density at radius 3 is 2.55 bits per heavy atom. The molecule has 0 bridgehead atoms. The summed E-state index contributed by atoms with van der Waals surface area (Å²) in [6.45, 7) is 2.75. The molecular formula is C34H39NO6S. The molecule has 0 amide bonds. The zero-order valence-electron chi connectivity index (χ0n) is 24.3. The van der Waals surface area contributed by atoms with Gasteiger partial charge in [-0.3, -0.25) is 13.9 Å². The lowest BCUT2D eigenvalue weighted by molar-refractivity contribution is -0.140. The lowest BCUT2D eigenvalue weighted by Gasteiger charge is -2.38. The number of hydrogen-bond acceptors (Lipinski definition) is 7. The van der Waals surface area contributed by atoms with E-state index >= 15 is 0 Å². The Kier molecular flexibility index (Phi) is 9.73. The van der Waals surface area contributed by atoms with Crippen molar-refractivity contribution in [3.63, 3.8) is 0 Å². The first-order chi connectivity index (χ1) is 20.3. The lowest BCUT2D eigenvalue weighted by atomic mass is 9.96. The van der Waals surface area contributed by atoms with Crippen LogP contribution in [0.15, 0.2) is 54.6 Å². The molecule has 2 heterocycles. The average Bonchev–Trinajstić information content (AvgIpc) is 3.18. The Balaban J connectivity index is 1.24. The smallest absolute Gasteiger partial charge is 0.307 e. The molecule has 0 radical (unpaired) electrons. The summed E-state index contributed by atoms with van der Waals surface area (Å²) in [5.41, 5.74) is 6.73. The molecule has 7 nitrogen and oxygen atoms in total. The first-order valence-corrected chi connectivity index (χ1v) is 16.4. The summed E-state index contributed by atoms with van der Waals surface area (Å²) in [5.74, 6) is 8.16. The second-order valence-corrected chi connectivity index (χ2v) is 13.5. The van der Waals surface area contributed by atoms with Gasteiger partial charge in [-0.25, -0.2) is 4.98 Å². The summed E-state index contributed by atoms with van der Waals surface area (Å²) >= 11 is 0. The Labute approximate surface area is 250 Å². The number of hydrogen-bond donors (Lipinski definition) is 2. The van der Waals surface area contributed by atoms with E-state index in [1.54, 1.807) is 6.92 Å². The highest BCUT2D eigenvalue weighted by Gasteiger charge is 2.25. The fourth-order valence-corrected chi connectivity index (χ4v) is 7.22. The summed E-state index contributed by atoms with van der Waals surface area (Å²) in [7, 11) is -0.988. The minimum absolute atomic E-state index is 0.211. The number of ether oxygens (including phenoxy) is 3. The maximum atomic E-state index is 11.8. The molecule has 2 aliphatic rings. The van der Waals surface area contributed by atoms with Crippen LogP contribution in [0.4, 0.5) is 0 Å². The van der Waals surface area contributed by atoms with Crippen molar-refractivity contribution >= 4 is 16.6 Å². The highest BCUT2D eigenvalue weighted by Crippen LogP contribution is 2.45. The maximum absolute atomic E-state index is 11.8. The van der Waals surface area contributed by atoms with Gasteiger partial charge in [-0.05, 0) is 91.5 Å². The molecule has 2 N–H and O–H groups in total. The van der Waals surface area contributed by atoms with Crippen molar-refractivity contribution in [2.24, 2.45) is 5.92 Å². The van der Waals surface area contributed by atoms with Gasteiger partial charge >= 0.3 is 5.97 Å². The van der Waals surface area contributed by atoms with Crippen molar-refractivity contribution in [2.45, 2.75) is 58.0 Å². The normalized spacial score (nSPS) is 17.3. The second kappa shape index (κ2) is 13.6. The molecule has 1 aliphatic carbocycles. The predicted octanol–water partition coefficient (Wildman–Crippen LogP) is 7.03. The fourth-order valence-electron chi connectivity index (χ4n) is 5.59. The number of carbonyl (C=O) groups is 1. The maximum Gasteiger partial charge on any atom is 0.307 e. The van der Waals surface area contributed by atoms with Crippen LogP contribution in [0.2, 0.25) is 0 Å². The number of aryl methyl sites for hydroxylation is 2. The zero-order valence-corrected chi connectivity index (χ0v) is 25.1. The molecular weight excluding hydrogens is 550 g/mol. The lowest BCUT2D eigenvalue weighted by Crippen LogP contribution is -2.24. The van der Waals surface area contributed by atoms with E-state index in [0.29, 0.717) is 36.5 Å². The molecule has 1 aliphatic heterocycles. The summed E-state index contributed by atoms with van der Waals surface area (Å²) in [4.78, 5) is 16.7. The molecule has 2 aromatic carbocycles. The van der Waals surface area contributed by atoms with E-state index < -0.39 is 10.6 Å².